The van der Waals surface area contributed by atoms with Crippen molar-refractivity contribution >= 4 is 16.3 Å². The Hall–Kier alpha value is -0.860. The lowest BCUT2D eigenvalue weighted by Crippen LogP contribution is -2.50. The monoisotopic (exact) mass is 319 g/mol. The first kappa shape index (κ1) is 16.5. The Morgan fingerprint density at radius 2 is 2.10 bits per heavy atom. The van der Waals surface area contributed by atoms with E-state index in [4.69, 9.17) is 4.74 Å². The van der Waals surface area contributed by atoms with Crippen LogP contribution < -0.4 is 10.0 Å². The zero-order valence-corrected chi connectivity index (χ0v) is 13.5. The van der Waals surface area contributed by atoms with Crippen LogP contribution in [0.4, 0.5) is 4.79 Å². The number of nitrogens with one attached hydrogen (secondary N) is 2. The fourth-order valence-corrected chi connectivity index (χ4v) is 4.52. The number of hydrogen-bond donors (Lipinski definition) is 2. The van der Waals surface area contributed by atoms with E-state index in [0.29, 0.717) is 12.5 Å². The summed E-state index contributed by atoms with van der Waals surface area (Å²) in [5.74, 6) is 0.318. The Bertz CT molecular complexity index is 460. The molecule has 2 saturated heterocycles. The lowest BCUT2D eigenvalue weighted by Gasteiger charge is -2.33. The van der Waals surface area contributed by atoms with Gasteiger partial charge in [0, 0.05) is 12.6 Å². The van der Waals surface area contributed by atoms with E-state index in [-0.39, 0.29) is 12.1 Å². The summed E-state index contributed by atoms with van der Waals surface area (Å²) < 4.78 is 33.1. The Morgan fingerprint density at radius 3 is 2.71 bits per heavy atom. The van der Waals surface area contributed by atoms with Gasteiger partial charge in [-0.3, -0.25) is 0 Å². The minimum atomic E-state index is -3.82. The molecule has 2 rings (SSSR count). The van der Waals surface area contributed by atoms with Crippen LogP contribution in [0.15, 0.2) is 0 Å². The maximum Gasteiger partial charge on any atom is 0.422 e. The van der Waals surface area contributed by atoms with Crippen LogP contribution >= 0.6 is 0 Å². The van der Waals surface area contributed by atoms with Gasteiger partial charge in [-0.1, -0.05) is 0 Å². The molecule has 2 fully saturated rings. The summed E-state index contributed by atoms with van der Waals surface area (Å²) in [7, 11) is -3.82. The molecule has 0 aromatic heterocycles. The average Bonchev–Trinajstić information content (AvgIpc) is 2.88. The second kappa shape index (κ2) is 6.93. The summed E-state index contributed by atoms with van der Waals surface area (Å²) in [4.78, 5) is 11.6. The second-order valence-electron chi connectivity index (χ2n) is 5.99. The van der Waals surface area contributed by atoms with Crippen LogP contribution in [0, 0.1) is 5.92 Å². The Kier molecular flexibility index (Phi) is 5.45. The lowest BCUT2D eigenvalue weighted by atomic mass is 9.91. The molecule has 1 amide bonds. The maximum absolute atomic E-state index is 12.4. The van der Waals surface area contributed by atoms with Gasteiger partial charge in [-0.25, -0.2) is 9.52 Å². The van der Waals surface area contributed by atoms with E-state index in [1.54, 1.807) is 13.8 Å². The Morgan fingerprint density at radius 1 is 1.33 bits per heavy atom. The molecule has 0 saturated carbocycles. The van der Waals surface area contributed by atoms with Gasteiger partial charge in [-0.2, -0.15) is 12.7 Å². The summed E-state index contributed by atoms with van der Waals surface area (Å²) in [5, 5.41) is 3.32. The van der Waals surface area contributed by atoms with Gasteiger partial charge in [-0.15, -0.1) is 0 Å². The van der Waals surface area contributed by atoms with Crippen molar-refractivity contribution in [3.05, 3.63) is 0 Å². The summed E-state index contributed by atoms with van der Waals surface area (Å²) >= 11 is 0. The predicted octanol–water partition coefficient (Wildman–Crippen LogP) is 0.830. The van der Waals surface area contributed by atoms with Crippen molar-refractivity contribution < 1.29 is 17.9 Å². The molecule has 2 atom stereocenters. The van der Waals surface area contributed by atoms with Gasteiger partial charge in [0.05, 0.1) is 6.10 Å². The fourth-order valence-electron chi connectivity index (χ4n) is 3.14. The molecule has 122 valence electrons. The first-order valence-electron chi connectivity index (χ1n) is 7.61. The normalized spacial score (nSPS) is 27.8. The van der Waals surface area contributed by atoms with Crippen molar-refractivity contribution in [2.24, 2.45) is 5.92 Å². The molecule has 2 aliphatic rings. The molecule has 2 aliphatic heterocycles. The average molecular weight is 319 g/mol. The van der Waals surface area contributed by atoms with Gasteiger partial charge in [-0.05, 0) is 58.5 Å². The third kappa shape index (κ3) is 4.31. The summed E-state index contributed by atoms with van der Waals surface area (Å²) in [6.07, 6.45) is 2.53. The van der Waals surface area contributed by atoms with E-state index in [1.807, 2.05) is 4.72 Å². The summed E-state index contributed by atoms with van der Waals surface area (Å²) in [6.45, 7) is 5.66. The van der Waals surface area contributed by atoms with Gasteiger partial charge in [0.2, 0.25) is 0 Å². The number of piperidine rings is 1. The quantitative estimate of drug-likeness (QED) is 0.801. The van der Waals surface area contributed by atoms with Crippen LogP contribution in [0.3, 0.4) is 0 Å². The van der Waals surface area contributed by atoms with Crippen LogP contribution in [-0.2, 0) is 14.9 Å². The number of ether oxygens (including phenoxy) is 1. The molecule has 21 heavy (non-hydrogen) atoms. The first-order chi connectivity index (χ1) is 9.90. The molecule has 2 N–H and O–H groups in total. The number of hydrogen-bond acceptors (Lipinski definition) is 5. The van der Waals surface area contributed by atoms with Crippen molar-refractivity contribution in [3.8, 4) is 0 Å². The largest absolute Gasteiger partial charge is 0.446 e. The van der Waals surface area contributed by atoms with Crippen LogP contribution in [0.5, 0.6) is 0 Å². The predicted molar refractivity (Wildman–Crippen MR) is 79.0 cm³/mol. The van der Waals surface area contributed by atoms with Crippen molar-refractivity contribution in [2.45, 2.75) is 51.7 Å². The molecular weight excluding hydrogens is 294 g/mol. The Labute approximate surface area is 126 Å². The van der Waals surface area contributed by atoms with E-state index in [0.717, 1.165) is 38.8 Å². The zero-order chi connectivity index (χ0) is 15.5. The number of carbonyl (C=O) groups excluding carboxylic acids is 1. The van der Waals surface area contributed by atoms with E-state index in [1.165, 1.54) is 4.31 Å². The zero-order valence-electron chi connectivity index (χ0n) is 12.7. The van der Waals surface area contributed by atoms with Crippen molar-refractivity contribution in [1.82, 2.24) is 14.3 Å². The molecule has 0 spiro atoms. The highest BCUT2D eigenvalue weighted by Crippen LogP contribution is 2.29. The van der Waals surface area contributed by atoms with Crippen molar-refractivity contribution in [3.63, 3.8) is 0 Å². The minimum absolute atomic E-state index is 0.0258. The number of nitrogens with zero attached hydrogens (tertiary/aromatic N) is 1. The smallest absolute Gasteiger partial charge is 0.422 e. The van der Waals surface area contributed by atoms with Crippen LogP contribution in [-0.4, -0.2) is 50.6 Å². The third-order valence-corrected chi connectivity index (χ3v) is 5.49. The Balaban J connectivity index is 2.01. The molecule has 0 aliphatic carbocycles. The highest BCUT2D eigenvalue weighted by Gasteiger charge is 2.40. The number of amides is 1. The molecule has 7 nitrogen and oxygen atoms in total. The molecule has 2 unspecified atom stereocenters. The molecular formula is C13H25N3O4S. The second-order valence-corrected chi connectivity index (χ2v) is 7.61. The minimum Gasteiger partial charge on any atom is -0.446 e. The van der Waals surface area contributed by atoms with Crippen molar-refractivity contribution in [2.75, 3.05) is 19.6 Å². The topological polar surface area (TPSA) is 87.7 Å². The summed E-state index contributed by atoms with van der Waals surface area (Å²) in [6, 6.07) is -0.0258. The third-order valence-electron chi connectivity index (χ3n) is 3.99. The lowest BCUT2D eigenvalue weighted by molar-refractivity contribution is 0.120. The van der Waals surface area contributed by atoms with Gasteiger partial charge in [0.25, 0.3) is 0 Å². The van der Waals surface area contributed by atoms with E-state index in [9.17, 15) is 13.2 Å². The highest BCUT2D eigenvalue weighted by molar-refractivity contribution is 7.87. The van der Waals surface area contributed by atoms with E-state index in [2.05, 4.69) is 5.32 Å². The van der Waals surface area contributed by atoms with E-state index >= 15 is 0 Å². The highest BCUT2D eigenvalue weighted by atomic mass is 32.2. The molecule has 0 aromatic carbocycles. The van der Waals surface area contributed by atoms with Crippen LogP contribution in [0.25, 0.3) is 0 Å². The maximum atomic E-state index is 12.4. The molecule has 8 heteroatoms. The summed E-state index contributed by atoms with van der Waals surface area (Å²) in [5.41, 5.74) is 0. The first-order valence-corrected chi connectivity index (χ1v) is 9.05. The standard InChI is InChI=1S/C13H25N3O4S/c1-10(2)20-13(17)15-21(18,19)16-8-4-6-12(16)11-5-3-7-14-9-11/h10-12,14H,3-9H2,1-2H3,(H,15,17). The van der Waals surface area contributed by atoms with Crippen LogP contribution in [0.1, 0.15) is 39.5 Å². The number of rotatable bonds is 4. The van der Waals surface area contributed by atoms with Crippen LogP contribution in [0.2, 0.25) is 0 Å². The van der Waals surface area contributed by atoms with Crippen molar-refractivity contribution in [1.29, 1.82) is 0 Å². The molecule has 2 heterocycles. The van der Waals surface area contributed by atoms with Gasteiger partial charge in [0.1, 0.15) is 0 Å². The number of carbonyl (C=O) groups is 1. The van der Waals surface area contributed by atoms with Gasteiger partial charge >= 0.3 is 16.3 Å². The fraction of sp³-hybridized carbons (Fsp3) is 0.923. The van der Waals surface area contributed by atoms with Gasteiger partial charge in [0.15, 0.2) is 0 Å². The van der Waals surface area contributed by atoms with Gasteiger partial charge < -0.3 is 10.1 Å². The molecule has 0 radical (unpaired) electrons. The van der Waals surface area contributed by atoms with E-state index < -0.39 is 16.3 Å². The SMILES string of the molecule is CC(C)OC(=O)NS(=O)(=O)N1CCCC1C1CCCNC1. The molecule has 0 bridgehead atoms. The molecule has 0 aromatic rings.